The van der Waals surface area contributed by atoms with Gasteiger partial charge < -0.3 is 9.47 Å². The molecule has 0 spiro atoms. The molecule has 3 rings (SSSR count). The Kier molecular flexibility index (Phi) is 4.52. The van der Waals surface area contributed by atoms with Crippen molar-refractivity contribution in [3.8, 4) is 11.5 Å². The first-order valence-electron chi connectivity index (χ1n) is 8.08. The maximum absolute atomic E-state index is 12.0. The Labute approximate surface area is 136 Å². The van der Waals surface area contributed by atoms with Gasteiger partial charge in [-0.15, -0.1) is 0 Å². The van der Waals surface area contributed by atoms with Crippen LogP contribution in [0.3, 0.4) is 0 Å². The van der Waals surface area contributed by atoms with Gasteiger partial charge in [-0.1, -0.05) is 6.07 Å². The Morgan fingerprint density at radius 3 is 2.70 bits per heavy atom. The third-order valence-electron chi connectivity index (χ3n) is 4.65. The van der Waals surface area contributed by atoms with Gasteiger partial charge in [0.25, 0.3) is 0 Å². The van der Waals surface area contributed by atoms with Crippen LogP contribution in [0, 0.1) is 5.92 Å². The second-order valence-corrected chi connectivity index (χ2v) is 6.27. The van der Waals surface area contributed by atoms with Crippen LogP contribution in [0.25, 0.3) is 0 Å². The number of ether oxygens (including phenoxy) is 2. The first-order valence-corrected chi connectivity index (χ1v) is 8.08. The van der Waals surface area contributed by atoms with Gasteiger partial charge >= 0.3 is 5.91 Å². The summed E-state index contributed by atoms with van der Waals surface area (Å²) in [4.78, 5) is 14.4. The van der Waals surface area contributed by atoms with Gasteiger partial charge in [-0.25, -0.2) is 10.1 Å². The van der Waals surface area contributed by atoms with Crippen molar-refractivity contribution in [2.45, 2.75) is 32.7 Å². The lowest BCUT2D eigenvalue weighted by Crippen LogP contribution is -2.51. The molecule has 1 amide bonds. The summed E-state index contributed by atoms with van der Waals surface area (Å²) in [6, 6.07) is 6.40. The number of amides is 1. The van der Waals surface area contributed by atoms with Crippen LogP contribution in [-0.2, 0) is 4.79 Å². The highest BCUT2D eigenvalue weighted by Crippen LogP contribution is 2.36. The molecular formula is C17H24N3O3+. The molecule has 3 N–H and O–H groups in total. The molecule has 6 nitrogen and oxygen atoms in total. The molecule has 6 heteroatoms. The number of nitrogens with zero attached hydrogens (tertiary/aromatic N) is 1. The molecule has 23 heavy (non-hydrogen) atoms. The van der Waals surface area contributed by atoms with Crippen molar-refractivity contribution in [1.82, 2.24) is 10.2 Å². The van der Waals surface area contributed by atoms with E-state index in [-0.39, 0.29) is 17.9 Å². The number of rotatable bonds is 3. The summed E-state index contributed by atoms with van der Waals surface area (Å²) in [5.74, 6) is 2.18. The van der Waals surface area contributed by atoms with Crippen LogP contribution in [0.2, 0.25) is 0 Å². The maximum atomic E-state index is 12.0. The van der Waals surface area contributed by atoms with Gasteiger partial charge in [-0.05, 0) is 50.6 Å². The molecule has 1 aromatic rings. The van der Waals surface area contributed by atoms with E-state index in [9.17, 15) is 4.79 Å². The molecule has 1 saturated heterocycles. The number of likely N-dealkylation sites (tertiary alicyclic amines) is 1. The number of nitrogens with two attached hydrogens (primary N) is 1. The molecule has 0 bridgehead atoms. The van der Waals surface area contributed by atoms with Crippen molar-refractivity contribution < 1.29 is 19.7 Å². The molecule has 1 aromatic carbocycles. The zero-order chi connectivity index (χ0) is 16.4. The van der Waals surface area contributed by atoms with Crippen molar-refractivity contribution in [1.29, 1.82) is 0 Å². The maximum Gasteiger partial charge on any atom is 0.310 e. The van der Waals surface area contributed by atoms with Gasteiger partial charge in [0.15, 0.2) is 11.5 Å². The summed E-state index contributed by atoms with van der Waals surface area (Å²) < 4.78 is 10.8. The molecule has 0 aromatic heterocycles. The molecule has 1 unspecified atom stereocenters. The fourth-order valence-corrected chi connectivity index (χ4v) is 3.23. The topological polar surface area (TPSA) is 76.4 Å². The van der Waals surface area contributed by atoms with E-state index in [1.807, 2.05) is 6.07 Å². The normalized spacial score (nSPS) is 19.4. The summed E-state index contributed by atoms with van der Waals surface area (Å²) in [7, 11) is 0. The Balaban J connectivity index is 1.59. The molecule has 1 atom stereocenters. The van der Waals surface area contributed by atoms with E-state index < -0.39 is 0 Å². The van der Waals surface area contributed by atoms with Crippen LogP contribution >= 0.6 is 0 Å². The summed E-state index contributed by atoms with van der Waals surface area (Å²) in [6.07, 6.45) is 1.71. The second kappa shape index (κ2) is 6.58. The van der Waals surface area contributed by atoms with Gasteiger partial charge in [-0.2, -0.15) is 0 Å². The van der Waals surface area contributed by atoms with E-state index in [2.05, 4.69) is 29.3 Å². The van der Waals surface area contributed by atoms with E-state index in [1.54, 1.807) is 6.92 Å². The number of hydrogen-bond donors (Lipinski definition) is 2. The minimum absolute atomic E-state index is 0.0420. The standard InChI is InChI=1S/C17H23N3O3/c1-11(14-3-4-15-16(9-14)23-10-22-15)20-7-5-13(6-8-20)17(21)19-12(2)18/h3-4,9,11,13H,5-8,10H2,1-2H3,(H2,18,19,21)/p+1. The summed E-state index contributed by atoms with van der Waals surface area (Å²) >= 11 is 0. The highest BCUT2D eigenvalue weighted by Gasteiger charge is 2.30. The number of carbonyl (C=O) groups is 1. The molecule has 0 saturated carbocycles. The van der Waals surface area contributed by atoms with Crippen molar-refractivity contribution in [2.75, 3.05) is 19.9 Å². The van der Waals surface area contributed by atoms with Crippen molar-refractivity contribution >= 4 is 11.7 Å². The summed E-state index contributed by atoms with van der Waals surface area (Å²) in [6.45, 7) is 5.99. The fraction of sp³-hybridized carbons (Fsp3) is 0.529. The van der Waals surface area contributed by atoms with Gasteiger partial charge in [0, 0.05) is 13.0 Å². The van der Waals surface area contributed by atoms with Crippen molar-refractivity contribution in [2.24, 2.45) is 5.92 Å². The molecule has 0 aliphatic carbocycles. The lowest BCUT2D eigenvalue weighted by atomic mass is 9.93. The molecule has 2 aliphatic rings. The average molecular weight is 318 g/mol. The Morgan fingerprint density at radius 1 is 1.30 bits per heavy atom. The zero-order valence-corrected chi connectivity index (χ0v) is 13.7. The van der Waals surface area contributed by atoms with E-state index in [1.165, 1.54) is 5.56 Å². The zero-order valence-electron chi connectivity index (χ0n) is 13.7. The van der Waals surface area contributed by atoms with Crippen molar-refractivity contribution in [3.05, 3.63) is 23.8 Å². The number of hydrogen-bond acceptors (Lipinski definition) is 4. The van der Waals surface area contributed by atoms with Gasteiger partial charge in [-0.3, -0.25) is 10.3 Å². The predicted molar refractivity (Wildman–Crippen MR) is 86.0 cm³/mol. The fourth-order valence-electron chi connectivity index (χ4n) is 3.23. The largest absolute Gasteiger partial charge is 0.454 e. The van der Waals surface area contributed by atoms with Crippen LogP contribution < -0.4 is 20.2 Å². The van der Waals surface area contributed by atoms with E-state index in [4.69, 9.17) is 14.9 Å². The first kappa shape index (κ1) is 15.8. The molecule has 0 radical (unpaired) electrons. The molecular weight excluding hydrogens is 294 g/mol. The highest BCUT2D eigenvalue weighted by molar-refractivity contribution is 5.95. The molecule has 2 heterocycles. The number of amidine groups is 1. The second-order valence-electron chi connectivity index (χ2n) is 6.27. The van der Waals surface area contributed by atoms with Crippen LogP contribution in [0.15, 0.2) is 18.2 Å². The molecule has 124 valence electrons. The average Bonchev–Trinajstić information content (AvgIpc) is 3.01. The number of fused-ring (bicyclic) bond motifs is 1. The van der Waals surface area contributed by atoms with Gasteiger partial charge in [0.1, 0.15) is 0 Å². The predicted octanol–water partition coefficient (Wildman–Crippen LogP) is 0.482. The van der Waals surface area contributed by atoms with Crippen molar-refractivity contribution in [3.63, 3.8) is 0 Å². The third-order valence-corrected chi connectivity index (χ3v) is 4.65. The monoisotopic (exact) mass is 318 g/mol. The van der Waals surface area contributed by atoms with Crippen LogP contribution in [0.5, 0.6) is 11.5 Å². The number of nitrogens with one attached hydrogen (secondary N) is 1. The Morgan fingerprint density at radius 2 is 2.00 bits per heavy atom. The lowest BCUT2D eigenvalue weighted by molar-refractivity contribution is -0.132. The van der Waals surface area contributed by atoms with E-state index in [0.29, 0.717) is 12.6 Å². The number of benzene rings is 1. The van der Waals surface area contributed by atoms with Crippen LogP contribution in [0.4, 0.5) is 0 Å². The van der Waals surface area contributed by atoms with Gasteiger partial charge in [0.05, 0.1) is 5.92 Å². The summed E-state index contributed by atoms with van der Waals surface area (Å²) in [5.41, 5.74) is 1.21. The van der Waals surface area contributed by atoms with E-state index in [0.717, 1.165) is 37.4 Å². The number of carbonyl (C=O) groups excluding carboxylic acids is 1. The highest BCUT2D eigenvalue weighted by atomic mass is 16.7. The molecule has 1 fully saturated rings. The minimum Gasteiger partial charge on any atom is -0.454 e. The van der Waals surface area contributed by atoms with Crippen LogP contribution in [-0.4, -0.2) is 36.5 Å². The Hall–Kier alpha value is -2.08. The van der Waals surface area contributed by atoms with E-state index >= 15 is 0 Å². The Bertz CT molecular complexity index is 609. The summed E-state index contributed by atoms with van der Waals surface area (Å²) in [5, 5.41) is 8.27. The first-order chi connectivity index (χ1) is 11.0. The SMILES string of the molecule is CC(=[NH2+])NC(=O)C1CCN(C(C)c2ccc3c(c2)OCO3)CC1. The molecule has 2 aliphatic heterocycles. The lowest BCUT2D eigenvalue weighted by Gasteiger charge is -2.35. The van der Waals surface area contributed by atoms with Crippen LogP contribution in [0.1, 0.15) is 38.3 Å². The minimum atomic E-state index is 0.0420. The number of piperidine rings is 1. The van der Waals surface area contributed by atoms with Gasteiger partial charge in [0.2, 0.25) is 12.6 Å². The smallest absolute Gasteiger partial charge is 0.310 e. The third kappa shape index (κ3) is 3.47. The quantitative estimate of drug-likeness (QED) is 0.628.